The van der Waals surface area contributed by atoms with Crippen LogP contribution >= 0.6 is 39.0 Å². The minimum atomic E-state index is -0.0627. The Morgan fingerprint density at radius 1 is 1.29 bits per heavy atom. The van der Waals surface area contributed by atoms with Crippen molar-refractivity contribution in [3.63, 3.8) is 0 Å². The van der Waals surface area contributed by atoms with Gasteiger partial charge in [-0.05, 0) is 59.3 Å². The van der Waals surface area contributed by atoms with Gasteiger partial charge >= 0.3 is 0 Å². The fourth-order valence-electron chi connectivity index (χ4n) is 1.87. The maximum atomic E-state index is 11.0. The molecule has 3 nitrogen and oxygen atoms in total. The summed E-state index contributed by atoms with van der Waals surface area (Å²) in [7, 11) is 0. The van der Waals surface area contributed by atoms with Gasteiger partial charge in [-0.25, -0.2) is 0 Å². The summed E-state index contributed by atoms with van der Waals surface area (Å²) in [4.78, 5) is 13.4. The van der Waals surface area contributed by atoms with Gasteiger partial charge in [0, 0.05) is 28.4 Å². The van der Waals surface area contributed by atoms with Crippen molar-refractivity contribution in [1.29, 1.82) is 0 Å². The second-order valence-electron chi connectivity index (χ2n) is 4.75. The van der Waals surface area contributed by atoms with Crippen molar-refractivity contribution < 1.29 is 4.79 Å². The van der Waals surface area contributed by atoms with Gasteiger partial charge in [0.2, 0.25) is 5.91 Å². The highest BCUT2D eigenvalue weighted by Gasteiger charge is 2.19. The topological polar surface area (TPSA) is 55.1 Å². The van der Waals surface area contributed by atoms with Crippen LogP contribution in [0.3, 0.4) is 0 Å². The number of anilines is 1. The Morgan fingerprint density at radius 3 is 2.43 bits per heavy atom. The van der Waals surface area contributed by atoms with Crippen molar-refractivity contribution in [2.24, 2.45) is 5.73 Å². The van der Waals surface area contributed by atoms with E-state index >= 15 is 0 Å². The van der Waals surface area contributed by atoms with Gasteiger partial charge in [-0.1, -0.05) is 0 Å². The zero-order chi connectivity index (χ0) is 15.4. The maximum Gasteiger partial charge on any atom is 0.221 e. The van der Waals surface area contributed by atoms with Crippen LogP contribution in [0, 0.1) is 0 Å². The maximum absolute atomic E-state index is 11.0. The molecule has 0 spiro atoms. The van der Waals surface area contributed by atoms with Gasteiger partial charge in [-0.2, -0.15) is 0 Å². The van der Waals surface area contributed by atoms with E-state index in [1.807, 2.05) is 31.2 Å². The number of hydrogen-bond donors (Lipinski definition) is 2. The van der Waals surface area contributed by atoms with Gasteiger partial charge in [-0.3, -0.25) is 4.79 Å². The molecule has 0 aliphatic heterocycles. The van der Waals surface area contributed by atoms with Crippen LogP contribution in [0.2, 0.25) is 0 Å². The normalized spacial score (nSPS) is 13.7. The SMILES string of the molecule is CC(=O)Nc1ccc(SC(c2ccc(Br)s2)C(C)N)cc1. The summed E-state index contributed by atoms with van der Waals surface area (Å²) in [6, 6.07) is 12.0. The minimum absolute atomic E-state index is 0.0515. The first-order chi connectivity index (χ1) is 9.95. The van der Waals surface area contributed by atoms with Gasteiger partial charge in [-0.15, -0.1) is 23.1 Å². The number of carbonyl (C=O) groups excluding carboxylic acids is 1. The monoisotopic (exact) mass is 384 g/mol. The summed E-state index contributed by atoms with van der Waals surface area (Å²) < 4.78 is 1.12. The molecule has 0 bridgehead atoms. The van der Waals surface area contributed by atoms with Crippen LogP contribution < -0.4 is 11.1 Å². The Labute approximate surface area is 141 Å². The van der Waals surface area contributed by atoms with Crippen molar-refractivity contribution in [2.75, 3.05) is 5.32 Å². The highest BCUT2D eigenvalue weighted by atomic mass is 79.9. The van der Waals surface area contributed by atoms with Crippen molar-refractivity contribution in [2.45, 2.75) is 30.0 Å². The summed E-state index contributed by atoms with van der Waals surface area (Å²) in [6.07, 6.45) is 0. The van der Waals surface area contributed by atoms with Crippen LogP contribution in [-0.4, -0.2) is 11.9 Å². The van der Waals surface area contributed by atoms with E-state index < -0.39 is 0 Å². The lowest BCUT2D eigenvalue weighted by molar-refractivity contribution is -0.114. The fourth-order valence-corrected chi connectivity index (χ4v) is 4.68. The highest BCUT2D eigenvalue weighted by Crippen LogP contribution is 2.41. The van der Waals surface area contributed by atoms with Gasteiger partial charge in [0.15, 0.2) is 0 Å². The largest absolute Gasteiger partial charge is 0.327 e. The third-order valence-electron chi connectivity index (χ3n) is 2.79. The Kier molecular flexibility index (Phi) is 5.87. The number of benzene rings is 1. The fraction of sp³-hybridized carbons (Fsp3) is 0.267. The third kappa shape index (κ3) is 4.85. The van der Waals surface area contributed by atoms with Gasteiger partial charge < -0.3 is 11.1 Å². The first kappa shape index (κ1) is 16.5. The van der Waals surface area contributed by atoms with E-state index in [4.69, 9.17) is 5.73 Å². The van der Waals surface area contributed by atoms with Gasteiger partial charge in [0.25, 0.3) is 0 Å². The van der Waals surface area contributed by atoms with E-state index in [9.17, 15) is 4.79 Å². The Hall–Kier alpha value is -0.820. The zero-order valence-electron chi connectivity index (χ0n) is 11.8. The molecule has 6 heteroatoms. The van der Waals surface area contributed by atoms with Crippen LogP contribution in [0.15, 0.2) is 45.1 Å². The molecule has 0 saturated heterocycles. The molecule has 0 aliphatic carbocycles. The average Bonchev–Trinajstić information content (AvgIpc) is 2.83. The van der Waals surface area contributed by atoms with Crippen LogP contribution in [0.25, 0.3) is 0 Å². The summed E-state index contributed by atoms with van der Waals surface area (Å²) >= 11 is 6.95. The van der Waals surface area contributed by atoms with Crippen LogP contribution in [0.4, 0.5) is 5.69 Å². The average molecular weight is 385 g/mol. The van der Waals surface area contributed by atoms with Crippen molar-refractivity contribution in [3.8, 4) is 0 Å². The first-order valence-corrected chi connectivity index (χ1v) is 9.00. The van der Waals surface area contributed by atoms with Gasteiger partial charge in [0.1, 0.15) is 0 Å². The number of nitrogens with one attached hydrogen (secondary N) is 1. The minimum Gasteiger partial charge on any atom is -0.327 e. The second kappa shape index (κ2) is 7.45. The summed E-state index contributed by atoms with van der Waals surface area (Å²) in [5.74, 6) is -0.0627. The number of nitrogens with two attached hydrogens (primary N) is 1. The summed E-state index contributed by atoms with van der Waals surface area (Å²) in [6.45, 7) is 3.53. The summed E-state index contributed by atoms with van der Waals surface area (Å²) in [5.41, 5.74) is 6.94. The molecule has 0 radical (unpaired) electrons. The van der Waals surface area contributed by atoms with Crippen molar-refractivity contribution >= 4 is 50.6 Å². The second-order valence-corrected chi connectivity index (χ2v) is 8.45. The number of halogens is 1. The Morgan fingerprint density at radius 2 is 1.95 bits per heavy atom. The molecule has 1 aromatic carbocycles. The molecular formula is C15H17BrN2OS2. The third-order valence-corrected chi connectivity index (χ3v) is 6.13. The molecule has 2 unspecified atom stereocenters. The number of hydrogen-bond acceptors (Lipinski definition) is 4. The number of carbonyl (C=O) groups is 1. The van der Waals surface area contributed by atoms with E-state index in [-0.39, 0.29) is 17.2 Å². The quantitative estimate of drug-likeness (QED) is 0.737. The highest BCUT2D eigenvalue weighted by molar-refractivity contribution is 9.11. The zero-order valence-corrected chi connectivity index (χ0v) is 15.0. The lowest BCUT2D eigenvalue weighted by atomic mass is 10.2. The molecule has 2 atom stereocenters. The van der Waals surface area contributed by atoms with E-state index in [1.54, 1.807) is 23.1 Å². The molecule has 1 heterocycles. The summed E-state index contributed by atoms with van der Waals surface area (Å²) in [5, 5.41) is 2.98. The van der Waals surface area contributed by atoms with E-state index in [2.05, 4.69) is 33.4 Å². The molecular weight excluding hydrogens is 368 g/mol. The lowest BCUT2D eigenvalue weighted by Crippen LogP contribution is -2.21. The first-order valence-electron chi connectivity index (χ1n) is 6.51. The lowest BCUT2D eigenvalue weighted by Gasteiger charge is -2.19. The van der Waals surface area contributed by atoms with Crippen LogP contribution in [0.1, 0.15) is 24.0 Å². The Bertz CT molecular complexity index is 610. The standard InChI is InChI=1S/C15H17BrN2OS2/c1-9(17)15(13-7-8-14(16)21-13)20-12-5-3-11(4-6-12)18-10(2)19/h3-9,15H,17H2,1-2H3,(H,18,19). The molecule has 21 heavy (non-hydrogen) atoms. The molecule has 2 aromatic rings. The number of rotatable bonds is 5. The van der Waals surface area contributed by atoms with Gasteiger partial charge in [0.05, 0.1) is 9.04 Å². The van der Waals surface area contributed by atoms with Crippen molar-refractivity contribution in [3.05, 3.63) is 45.1 Å². The van der Waals surface area contributed by atoms with Crippen molar-refractivity contribution in [1.82, 2.24) is 0 Å². The van der Waals surface area contributed by atoms with Crippen LogP contribution in [0.5, 0.6) is 0 Å². The smallest absolute Gasteiger partial charge is 0.221 e. The molecule has 0 fully saturated rings. The molecule has 1 aromatic heterocycles. The predicted molar refractivity (Wildman–Crippen MR) is 95.0 cm³/mol. The molecule has 1 amide bonds. The van der Waals surface area contributed by atoms with E-state index in [0.717, 1.165) is 14.4 Å². The number of thiophene rings is 1. The molecule has 0 aliphatic rings. The van der Waals surface area contributed by atoms with E-state index in [1.165, 1.54) is 11.8 Å². The predicted octanol–water partition coefficient (Wildman–Crippen LogP) is 4.65. The van der Waals surface area contributed by atoms with Crippen LogP contribution in [-0.2, 0) is 4.79 Å². The molecule has 112 valence electrons. The number of thioether (sulfide) groups is 1. The molecule has 2 rings (SSSR count). The molecule has 3 N–H and O–H groups in total. The van der Waals surface area contributed by atoms with E-state index in [0.29, 0.717) is 0 Å². The number of amides is 1. The molecule has 0 saturated carbocycles. The Balaban J connectivity index is 2.12.